The summed E-state index contributed by atoms with van der Waals surface area (Å²) in [5.41, 5.74) is 0.370. The summed E-state index contributed by atoms with van der Waals surface area (Å²) < 4.78 is 5.43. The van der Waals surface area contributed by atoms with Crippen molar-refractivity contribution >= 4 is 5.78 Å². The zero-order valence-corrected chi connectivity index (χ0v) is 9.76. The van der Waals surface area contributed by atoms with Crippen LogP contribution in [-0.2, 0) is 4.74 Å². The predicted molar refractivity (Wildman–Crippen MR) is 62.8 cm³/mol. The number of aromatic nitrogens is 2. The average molecular weight is 235 g/mol. The molecule has 92 valence electrons. The molecule has 2 rings (SSSR count). The van der Waals surface area contributed by atoms with Crippen LogP contribution in [0.1, 0.15) is 23.3 Å². The number of ketones is 1. The lowest BCUT2D eigenvalue weighted by Crippen LogP contribution is -2.32. The van der Waals surface area contributed by atoms with Crippen LogP contribution in [0, 0.1) is 5.92 Å². The molecule has 1 aliphatic heterocycles. The lowest BCUT2D eigenvalue weighted by Gasteiger charge is -2.22. The molecular formula is C12H17N3O2. The second-order valence-electron chi connectivity index (χ2n) is 4.24. The lowest BCUT2D eigenvalue weighted by molar-refractivity contribution is 0.0641. The first kappa shape index (κ1) is 12.1. The van der Waals surface area contributed by atoms with E-state index in [1.165, 1.54) is 25.2 Å². The van der Waals surface area contributed by atoms with E-state index < -0.39 is 0 Å². The molecule has 0 aromatic carbocycles. The van der Waals surface area contributed by atoms with Crippen molar-refractivity contribution in [3.8, 4) is 0 Å². The number of nitrogens with one attached hydrogen (secondary N) is 1. The van der Waals surface area contributed by atoms with E-state index in [1.807, 2.05) is 0 Å². The maximum Gasteiger partial charge on any atom is 0.208 e. The fourth-order valence-corrected chi connectivity index (χ4v) is 1.90. The number of ether oxygens (including phenoxy) is 1. The van der Waals surface area contributed by atoms with E-state index in [-0.39, 0.29) is 12.4 Å². The summed E-state index contributed by atoms with van der Waals surface area (Å²) in [5.74, 6) is 0.417. The van der Waals surface area contributed by atoms with Crippen LogP contribution in [0.5, 0.6) is 0 Å². The monoisotopic (exact) mass is 235 g/mol. The van der Waals surface area contributed by atoms with E-state index in [9.17, 15) is 4.79 Å². The van der Waals surface area contributed by atoms with Gasteiger partial charge in [0.1, 0.15) is 12.3 Å². The SMILES string of the molecule is O=C(COC[C@H]1CCCNC1)c1cnccn1. The van der Waals surface area contributed by atoms with Crippen LogP contribution in [0.25, 0.3) is 0 Å². The molecule has 0 amide bonds. The highest BCUT2D eigenvalue weighted by Gasteiger charge is 2.14. The van der Waals surface area contributed by atoms with E-state index >= 15 is 0 Å². The third-order valence-corrected chi connectivity index (χ3v) is 2.83. The maximum atomic E-state index is 11.6. The Morgan fingerprint density at radius 2 is 2.47 bits per heavy atom. The van der Waals surface area contributed by atoms with Crippen molar-refractivity contribution in [2.75, 3.05) is 26.3 Å². The molecule has 0 saturated carbocycles. The van der Waals surface area contributed by atoms with Gasteiger partial charge in [0.15, 0.2) is 0 Å². The minimum absolute atomic E-state index is 0.0925. The van der Waals surface area contributed by atoms with Gasteiger partial charge in [0.25, 0.3) is 0 Å². The predicted octanol–water partition coefficient (Wildman–Crippen LogP) is 0.675. The molecule has 1 atom stereocenters. The van der Waals surface area contributed by atoms with Gasteiger partial charge in [-0.05, 0) is 25.3 Å². The molecule has 0 spiro atoms. The van der Waals surface area contributed by atoms with Gasteiger partial charge in [0.05, 0.1) is 12.8 Å². The van der Waals surface area contributed by atoms with Crippen molar-refractivity contribution in [1.82, 2.24) is 15.3 Å². The second-order valence-corrected chi connectivity index (χ2v) is 4.24. The Labute approximate surface area is 101 Å². The summed E-state index contributed by atoms with van der Waals surface area (Å²) in [7, 11) is 0. The van der Waals surface area contributed by atoms with Gasteiger partial charge < -0.3 is 10.1 Å². The van der Waals surface area contributed by atoms with Gasteiger partial charge in [-0.15, -0.1) is 0 Å². The maximum absolute atomic E-state index is 11.6. The Hall–Kier alpha value is -1.33. The third-order valence-electron chi connectivity index (χ3n) is 2.83. The van der Waals surface area contributed by atoms with Crippen LogP contribution in [0.15, 0.2) is 18.6 Å². The van der Waals surface area contributed by atoms with E-state index in [0.29, 0.717) is 18.2 Å². The van der Waals surface area contributed by atoms with E-state index in [4.69, 9.17) is 4.74 Å². The molecule has 0 bridgehead atoms. The average Bonchev–Trinajstić information content (AvgIpc) is 2.41. The summed E-state index contributed by atoms with van der Waals surface area (Å²) in [5, 5.41) is 3.32. The Balaban J connectivity index is 1.69. The van der Waals surface area contributed by atoms with Crippen molar-refractivity contribution in [1.29, 1.82) is 0 Å². The highest BCUT2D eigenvalue weighted by atomic mass is 16.5. The van der Waals surface area contributed by atoms with Crippen molar-refractivity contribution in [2.45, 2.75) is 12.8 Å². The minimum Gasteiger partial charge on any atom is -0.373 e. The van der Waals surface area contributed by atoms with Gasteiger partial charge >= 0.3 is 0 Å². The molecule has 1 aliphatic rings. The molecule has 1 aromatic rings. The summed E-state index contributed by atoms with van der Waals surface area (Å²) in [6.07, 6.45) is 6.88. The van der Waals surface area contributed by atoms with Crippen LogP contribution >= 0.6 is 0 Å². The molecular weight excluding hydrogens is 218 g/mol. The van der Waals surface area contributed by atoms with E-state index in [1.54, 1.807) is 6.20 Å². The fraction of sp³-hybridized carbons (Fsp3) is 0.583. The highest BCUT2D eigenvalue weighted by Crippen LogP contribution is 2.10. The van der Waals surface area contributed by atoms with Crippen molar-refractivity contribution in [2.24, 2.45) is 5.92 Å². The molecule has 1 saturated heterocycles. The summed E-state index contributed by atoms with van der Waals surface area (Å²) in [6.45, 7) is 2.81. The molecule has 0 radical (unpaired) electrons. The number of piperidine rings is 1. The highest BCUT2D eigenvalue weighted by molar-refractivity contribution is 5.94. The van der Waals surface area contributed by atoms with Gasteiger partial charge in [-0.25, -0.2) is 4.98 Å². The van der Waals surface area contributed by atoms with Crippen molar-refractivity contribution in [3.63, 3.8) is 0 Å². The van der Waals surface area contributed by atoms with Crippen LogP contribution in [0.4, 0.5) is 0 Å². The molecule has 17 heavy (non-hydrogen) atoms. The lowest BCUT2D eigenvalue weighted by atomic mass is 10.0. The number of hydrogen-bond acceptors (Lipinski definition) is 5. The van der Waals surface area contributed by atoms with E-state index in [2.05, 4.69) is 15.3 Å². The smallest absolute Gasteiger partial charge is 0.208 e. The molecule has 5 heteroatoms. The van der Waals surface area contributed by atoms with Gasteiger partial charge in [-0.1, -0.05) is 0 Å². The summed E-state index contributed by atoms with van der Waals surface area (Å²) in [4.78, 5) is 19.4. The van der Waals surface area contributed by atoms with Gasteiger partial charge in [-0.3, -0.25) is 9.78 Å². The molecule has 0 aliphatic carbocycles. The zero-order chi connectivity index (χ0) is 11.9. The number of hydrogen-bond donors (Lipinski definition) is 1. The topological polar surface area (TPSA) is 64.1 Å². The molecule has 1 fully saturated rings. The molecule has 1 aromatic heterocycles. The Morgan fingerprint density at radius 1 is 1.53 bits per heavy atom. The van der Waals surface area contributed by atoms with Crippen molar-refractivity contribution < 1.29 is 9.53 Å². The first-order valence-electron chi connectivity index (χ1n) is 5.94. The molecule has 0 unspecified atom stereocenters. The second kappa shape index (κ2) is 6.42. The van der Waals surface area contributed by atoms with Gasteiger partial charge in [0.2, 0.25) is 5.78 Å². The molecule has 2 heterocycles. The van der Waals surface area contributed by atoms with Gasteiger partial charge in [0, 0.05) is 18.9 Å². The fourth-order valence-electron chi connectivity index (χ4n) is 1.90. The number of carbonyl (C=O) groups is 1. The number of carbonyl (C=O) groups excluding carboxylic acids is 1. The zero-order valence-electron chi connectivity index (χ0n) is 9.76. The first-order valence-corrected chi connectivity index (χ1v) is 5.94. The normalized spacial score (nSPS) is 20.1. The molecule has 5 nitrogen and oxygen atoms in total. The van der Waals surface area contributed by atoms with E-state index in [0.717, 1.165) is 13.1 Å². The van der Waals surface area contributed by atoms with Crippen LogP contribution in [-0.4, -0.2) is 42.1 Å². The number of nitrogens with zero attached hydrogens (tertiary/aromatic N) is 2. The Morgan fingerprint density at radius 3 is 3.18 bits per heavy atom. The summed E-state index contributed by atoms with van der Waals surface area (Å²) in [6, 6.07) is 0. The Kier molecular flexibility index (Phi) is 4.58. The number of Topliss-reactive ketones (excluding diaryl/α,β-unsaturated/α-hetero) is 1. The molecule has 1 N–H and O–H groups in total. The quantitative estimate of drug-likeness (QED) is 0.760. The van der Waals surface area contributed by atoms with Gasteiger partial charge in [-0.2, -0.15) is 0 Å². The van der Waals surface area contributed by atoms with Crippen molar-refractivity contribution in [3.05, 3.63) is 24.3 Å². The van der Waals surface area contributed by atoms with Crippen LogP contribution < -0.4 is 5.32 Å². The minimum atomic E-state index is -0.109. The van der Waals surface area contributed by atoms with Crippen LogP contribution in [0.2, 0.25) is 0 Å². The third kappa shape index (κ3) is 3.87. The van der Waals surface area contributed by atoms with Crippen LogP contribution in [0.3, 0.4) is 0 Å². The Bertz CT molecular complexity index is 350. The number of rotatable bonds is 5. The summed E-state index contributed by atoms with van der Waals surface area (Å²) >= 11 is 0. The largest absolute Gasteiger partial charge is 0.373 e. The first-order chi connectivity index (χ1) is 8.36. The standard InChI is InChI=1S/C12H17N3O2/c16-12(11-7-14-4-5-15-11)9-17-8-10-2-1-3-13-6-10/h4-5,7,10,13H,1-3,6,8-9H2/t10-/m0/s1.